The van der Waals surface area contributed by atoms with Crippen LogP contribution in [-0.4, -0.2) is 17.6 Å². The van der Waals surface area contributed by atoms with Crippen LogP contribution in [0.15, 0.2) is 18.3 Å². The average Bonchev–Trinajstić information content (AvgIpc) is 3.10. The first-order chi connectivity index (χ1) is 7.74. The van der Waals surface area contributed by atoms with E-state index >= 15 is 0 Å². The van der Waals surface area contributed by atoms with Crippen molar-refractivity contribution < 1.29 is 0 Å². The molecule has 0 bridgehead atoms. The van der Waals surface area contributed by atoms with Crippen LogP contribution in [0, 0.1) is 0 Å². The van der Waals surface area contributed by atoms with Crippen molar-refractivity contribution in [3.05, 3.63) is 23.9 Å². The monoisotopic (exact) mass is 219 g/mol. The minimum atomic E-state index is 0.0572. The van der Waals surface area contributed by atoms with Gasteiger partial charge in [0.1, 0.15) is 5.82 Å². The third kappa shape index (κ3) is 2.35. The SMILES string of the molecule is CCCN(c1ncccc1[C@H](C)N)C1CC1. The van der Waals surface area contributed by atoms with Gasteiger partial charge in [0.05, 0.1) is 0 Å². The molecule has 0 aliphatic heterocycles. The minimum absolute atomic E-state index is 0.0572. The van der Waals surface area contributed by atoms with E-state index in [2.05, 4.69) is 22.9 Å². The van der Waals surface area contributed by atoms with Crippen LogP contribution in [0.25, 0.3) is 0 Å². The topological polar surface area (TPSA) is 42.2 Å². The largest absolute Gasteiger partial charge is 0.353 e. The zero-order valence-electron chi connectivity index (χ0n) is 10.2. The fourth-order valence-corrected chi connectivity index (χ4v) is 2.09. The fraction of sp³-hybridized carbons (Fsp3) is 0.615. The van der Waals surface area contributed by atoms with Gasteiger partial charge in [-0.15, -0.1) is 0 Å². The highest BCUT2D eigenvalue weighted by Gasteiger charge is 2.30. The van der Waals surface area contributed by atoms with Crippen LogP contribution >= 0.6 is 0 Å². The molecule has 1 saturated carbocycles. The number of anilines is 1. The Kier molecular flexibility index (Phi) is 3.44. The van der Waals surface area contributed by atoms with E-state index in [1.54, 1.807) is 0 Å². The first-order valence-corrected chi connectivity index (χ1v) is 6.21. The molecule has 1 atom stereocenters. The van der Waals surface area contributed by atoms with Crippen LogP contribution in [0.3, 0.4) is 0 Å². The highest BCUT2D eigenvalue weighted by Crippen LogP contribution is 2.33. The molecule has 88 valence electrons. The summed E-state index contributed by atoms with van der Waals surface area (Å²) in [5, 5.41) is 0. The molecule has 1 fully saturated rings. The van der Waals surface area contributed by atoms with E-state index in [0.29, 0.717) is 6.04 Å². The molecule has 1 aliphatic carbocycles. The van der Waals surface area contributed by atoms with Crippen molar-refractivity contribution in [3.63, 3.8) is 0 Å². The Bertz CT molecular complexity index is 345. The normalized spacial score (nSPS) is 17.2. The number of nitrogens with zero attached hydrogens (tertiary/aromatic N) is 2. The van der Waals surface area contributed by atoms with Crippen molar-refractivity contribution in [2.24, 2.45) is 5.73 Å². The molecule has 1 aromatic heterocycles. The van der Waals surface area contributed by atoms with Crippen LogP contribution in [0.1, 0.15) is 44.7 Å². The molecular weight excluding hydrogens is 198 g/mol. The Morgan fingerprint density at radius 3 is 2.88 bits per heavy atom. The zero-order valence-corrected chi connectivity index (χ0v) is 10.2. The van der Waals surface area contributed by atoms with E-state index < -0.39 is 0 Å². The van der Waals surface area contributed by atoms with Gasteiger partial charge in [-0.3, -0.25) is 0 Å². The lowest BCUT2D eigenvalue weighted by Gasteiger charge is -2.26. The second-order valence-corrected chi connectivity index (χ2v) is 4.63. The molecule has 1 aliphatic rings. The molecule has 2 rings (SSSR count). The van der Waals surface area contributed by atoms with E-state index in [1.807, 2.05) is 19.2 Å². The van der Waals surface area contributed by atoms with E-state index in [0.717, 1.165) is 18.8 Å². The van der Waals surface area contributed by atoms with Crippen LogP contribution in [0.4, 0.5) is 5.82 Å². The number of pyridine rings is 1. The fourth-order valence-electron chi connectivity index (χ4n) is 2.09. The van der Waals surface area contributed by atoms with Crippen molar-refractivity contribution in [1.82, 2.24) is 4.98 Å². The summed E-state index contributed by atoms with van der Waals surface area (Å²) in [6.45, 7) is 5.32. The lowest BCUT2D eigenvalue weighted by molar-refractivity contribution is 0.725. The second kappa shape index (κ2) is 4.83. The van der Waals surface area contributed by atoms with Crippen molar-refractivity contribution in [1.29, 1.82) is 0 Å². The van der Waals surface area contributed by atoms with Crippen LogP contribution in [-0.2, 0) is 0 Å². The number of hydrogen-bond acceptors (Lipinski definition) is 3. The molecule has 1 aromatic rings. The summed E-state index contributed by atoms with van der Waals surface area (Å²) in [5.74, 6) is 1.10. The molecule has 0 unspecified atom stereocenters. The van der Waals surface area contributed by atoms with Gasteiger partial charge in [0, 0.05) is 30.4 Å². The number of nitrogens with two attached hydrogens (primary N) is 1. The van der Waals surface area contributed by atoms with Crippen LogP contribution in [0.2, 0.25) is 0 Å². The summed E-state index contributed by atoms with van der Waals surface area (Å²) < 4.78 is 0. The van der Waals surface area contributed by atoms with Crippen LogP contribution in [0.5, 0.6) is 0 Å². The molecule has 16 heavy (non-hydrogen) atoms. The summed E-state index contributed by atoms with van der Waals surface area (Å²) in [5.41, 5.74) is 7.17. The maximum absolute atomic E-state index is 6.00. The maximum atomic E-state index is 6.00. The summed E-state index contributed by atoms with van der Waals surface area (Å²) in [4.78, 5) is 6.96. The Balaban J connectivity index is 2.28. The van der Waals surface area contributed by atoms with Gasteiger partial charge in [0.15, 0.2) is 0 Å². The molecule has 0 amide bonds. The van der Waals surface area contributed by atoms with E-state index in [-0.39, 0.29) is 6.04 Å². The third-order valence-electron chi connectivity index (χ3n) is 3.03. The molecule has 3 nitrogen and oxygen atoms in total. The first kappa shape index (κ1) is 11.4. The van der Waals surface area contributed by atoms with Gasteiger partial charge in [-0.1, -0.05) is 13.0 Å². The molecule has 1 heterocycles. The summed E-state index contributed by atoms with van der Waals surface area (Å²) in [6.07, 6.45) is 5.63. The molecule has 3 heteroatoms. The lowest BCUT2D eigenvalue weighted by atomic mass is 10.1. The smallest absolute Gasteiger partial charge is 0.133 e. The van der Waals surface area contributed by atoms with E-state index in [4.69, 9.17) is 5.73 Å². The van der Waals surface area contributed by atoms with Crippen molar-refractivity contribution in [2.75, 3.05) is 11.4 Å². The van der Waals surface area contributed by atoms with Gasteiger partial charge in [-0.2, -0.15) is 0 Å². The minimum Gasteiger partial charge on any atom is -0.353 e. The predicted octanol–water partition coefficient (Wildman–Crippen LogP) is 2.48. The van der Waals surface area contributed by atoms with Crippen LogP contribution < -0.4 is 10.6 Å². The molecule has 0 aromatic carbocycles. The van der Waals surface area contributed by atoms with Crippen molar-refractivity contribution in [2.45, 2.75) is 45.2 Å². The average molecular weight is 219 g/mol. The van der Waals surface area contributed by atoms with Gasteiger partial charge in [0.25, 0.3) is 0 Å². The van der Waals surface area contributed by atoms with Gasteiger partial charge >= 0.3 is 0 Å². The molecule has 2 N–H and O–H groups in total. The Morgan fingerprint density at radius 2 is 2.31 bits per heavy atom. The second-order valence-electron chi connectivity index (χ2n) is 4.63. The van der Waals surface area contributed by atoms with Gasteiger partial charge < -0.3 is 10.6 Å². The third-order valence-corrected chi connectivity index (χ3v) is 3.03. The van der Waals surface area contributed by atoms with Gasteiger partial charge in [-0.25, -0.2) is 4.98 Å². The quantitative estimate of drug-likeness (QED) is 0.827. The van der Waals surface area contributed by atoms with E-state index in [1.165, 1.54) is 18.4 Å². The molecular formula is C13H21N3. The number of hydrogen-bond donors (Lipinski definition) is 1. The number of rotatable bonds is 5. The first-order valence-electron chi connectivity index (χ1n) is 6.21. The summed E-state index contributed by atoms with van der Waals surface area (Å²) in [7, 11) is 0. The lowest BCUT2D eigenvalue weighted by Crippen LogP contribution is -2.29. The molecule has 0 radical (unpaired) electrons. The van der Waals surface area contributed by atoms with Crippen molar-refractivity contribution >= 4 is 5.82 Å². The Hall–Kier alpha value is -1.09. The highest BCUT2D eigenvalue weighted by atomic mass is 15.2. The number of aromatic nitrogens is 1. The van der Waals surface area contributed by atoms with E-state index in [9.17, 15) is 0 Å². The molecule has 0 spiro atoms. The van der Waals surface area contributed by atoms with Gasteiger partial charge in [0.2, 0.25) is 0 Å². The standard InChI is InChI=1S/C13H21N3/c1-3-9-16(11-6-7-11)13-12(10(2)14)5-4-8-15-13/h4-5,8,10-11H,3,6-7,9,14H2,1-2H3/t10-/m0/s1. The maximum Gasteiger partial charge on any atom is 0.133 e. The molecule has 0 saturated heterocycles. The Morgan fingerprint density at radius 1 is 1.56 bits per heavy atom. The summed E-state index contributed by atoms with van der Waals surface area (Å²) in [6, 6.07) is 4.83. The Labute approximate surface area is 97.7 Å². The van der Waals surface area contributed by atoms with Gasteiger partial charge in [-0.05, 0) is 32.3 Å². The summed E-state index contributed by atoms with van der Waals surface area (Å²) >= 11 is 0. The highest BCUT2D eigenvalue weighted by molar-refractivity contribution is 5.50. The zero-order chi connectivity index (χ0) is 11.5. The predicted molar refractivity (Wildman–Crippen MR) is 67.5 cm³/mol. The van der Waals surface area contributed by atoms with Crippen molar-refractivity contribution in [3.8, 4) is 0 Å².